The summed E-state index contributed by atoms with van der Waals surface area (Å²) in [6, 6.07) is 2.73. The second kappa shape index (κ2) is 18.7. The highest BCUT2D eigenvalue weighted by Crippen LogP contribution is 2.36. The third kappa shape index (κ3) is 11.0. The van der Waals surface area contributed by atoms with Crippen molar-refractivity contribution in [1.82, 2.24) is 29.8 Å². The number of ether oxygens (including phenoxy) is 2. The second-order valence-electron chi connectivity index (χ2n) is 11.8. The maximum absolute atomic E-state index is 14.2. The van der Waals surface area contributed by atoms with E-state index in [0.29, 0.717) is 59.0 Å². The second-order valence-corrected chi connectivity index (χ2v) is 11.8. The lowest BCUT2D eigenvalue weighted by atomic mass is 10.1. The summed E-state index contributed by atoms with van der Waals surface area (Å²) in [5.74, 6) is 4.05. The number of nitrogens with one attached hydrogen (secondary N) is 3. The molecule has 2 aromatic rings. The Kier molecular flexibility index (Phi) is 14.5. The first-order valence-electron chi connectivity index (χ1n) is 16.5. The summed E-state index contributed by atoms with van der Waals surface area (Å²) < 4.78 is 54.4. The minimum atomic E-state index is -4.77. The molecule has 2 fully saturated rings. The van der Waals surface area contributed by atoms with E-state index < -0.39 is 24.0 Å². The summed E-state index contributed by atoms with van der Waals surface area (Å²) in [7, 11) is 1.10. The Morgan fingerprint density at radius 1 is 1.14 bits per heavy atom. The molecule has 2 saturated heterocycles. The summed E-state index contributed by atoms with van der Waals surface area (Å²) in [6.07, 6.45) is -0.861. The summed E-state index contributed by atoms with van der Waals surface area (Å²) >= 11 is 0. The molecule has 0 spiro atoms. The number of aliphatic imine (C=N–C) groups is 1. The number of hydroxylamine groups is 1. The van der Waals surface area contributed by atoms with Crippen LogP contribution in [0.1, 0.15) is 54.7 Å². The summed E-state index contributed by atoms with van der Waals surface area (Å²) in [6.45, 7) is 11.2. The van der Waals surface area contributed by atoms with Crippen LogP contribution >= 0.6 is 0 Å². The van der Waals surface area contributed by atoms with Crippen LogP contribution in [0.3, 0.4) is 0 Å². The van der Waals surface area contributed by atoms with Crippen molar-refractivity contribution in [3.05, 3.63) is 59.6 Å². The number of hydrogen-bond acceptors (Lipinski definition) is 13. The van der Waals surface area contributed by atoms with E-state index in [9.17, 15) is 27.6 Å². The highest BCUT2D eigenvalue weighted by atomic mass is 19.4. The number of methoxy groups -OCH3 is 1. The maximum Gasteiger partial charge on any atom is 0.417 e. The van der Waals surface area contributed by atoms with Gasteiger partial charge in [0.05, 0.1) is 31.6 Å². The van der Waals surface area contributed by atoms with Crippen molar-refractivity contribution in [1.29, 1.82) is 0 Å². The normalized spacial score (nSPS) is 18.0. The van der Waals surface area contributed by atoms with Crippen molar-refractivity contribution >= 4 is 29.4 Å². The Morgan fingerprint density at radius 3 is 2.47 bits per heavy atom. The van der Waals surface area contributed by atoms with Gasteiger partial charge in [-0.15, -0.1) is 0 Å². The number of nitrogens with zero attached hydrogens (tertiary/aromatic N) is 6. The fraction of sp³-hybridized carbons (Fsp3) is 0.531. The molecule has 0 aliphatic carbocycles. The molecule has 2 amide bonds. The van der Waals surface area contributed by atoms with Crippen molar-refractivity contribution in [2.45, 2.75) is 45.1 Å². The Labute approximate surface area is 293 Å². The zero-order valence-electron chi connectivity index (χ0n) is 28.7. The largest absolute Gasteiger partial charge is 0.453 e. The van der Waals surface area contributed by atoms with Gasteiger partial charge in [0, 0.05) is 83.2 Å². The molecule has 19 heteroatoms. The number of pyridine rings is 1. The number of ketones is 1. The number of piperazine rings is 1. The zero-order valence-corrected chi connectivity index (χ0v) is 28.7. The van der Waals surface area contributed by atoms with Gasteiger partial charge in [-0.3, -0.25) is 34.8 Å². The van der Waals surface area contributed by atoms with Crippen molar-refractivity contribution in [3.63, 3.8) is 0 Å². The van der Waals surface area contributed by atoms with Crippen LogP contribution in [0.5, 0.6) is 0 Å². The van der Waals surface area contributed by atoms with E-state index in [1.807, 2.05) is 19.2 Å². The van der Waals surface area contributed by atoms with E-state index in [-0.39, 0.29) is 41.7 Å². The number of allylic oxidation sites excluding steroid dienone is 1. The average Bonchev–Trinajstić information content (AvgIpc) is 3.55. The van der Waals surface area contributed by atoms with Gasteiger partial charge in [-0.25, -0.2) is 19.7 Å². The van der Waals surface area contributed by atoms with E-state index in [0.717, 1.165) is 43.6 Å². The molecule has 280 valence electrons. The molecule has 2 aromatic heterocycles. The van der Waals surface area contributed by atoms with Crippen LogP contribution in [0.4, 0.5) is 23.8 Å². The molecule has 51 heavy (non-hydrogen) atoms. The van der Waals surface area contributed by atoms with Gasteiger partial charge in [-0.2, -0.15) is 24.5 Å². The van der Waals surface area contributed by atoms with Gasteiger partial charge in [0.2, 0.25) is 5.91 Å². The molecule has 0 saturated carbocycles. The van der Waals surface area contributed by atoms with Crippen LogP contribution in [-0.2, 0) is 36.7 Å². The molecule has 3 aliphatic rings. The number of amides is 2. The number of aromatic nitrogens is 2. The predicted molar refractivity (Wildman–Crippen MR) is 181 cm³/mol. The number of hydrogen-bond donors (Lipinski definition) is 4. The highest BCUT2D eigenvalue weighted by molar-refractivity contribution is 6.06. The van der Waals surface area contributed by atoms with Crippen molar-refractivity contribution in [2.24, 2.45) is 10.9 Å². The fourth-order valence-electron chi connectivity index (χ4n) is 5.64. The number of alkyl halides is 3. The number of nitrogens with two attached hydrogens (primary N) is 1. The Hall–Kier alpha value is -4.40. The number of anilines is 1. The molecule has 0 radical (unpaired) electrons. The van der Waals surface area contributed by atoms with Gasteiger partial charge in [-0.1, -0.05) is 13.5 Å². The Balaban J connectivity index is 0.000000894. The Bertz CT molecular complexity index is 1530. The number of amidine groups is 1. The van der Waals surface area contributed by atoms with Crippen molar-refractivity contribution < 1.29 is 42.0 Å². The van der Waals surface area contributed by atoms with E-state index in [1.165, 1.54) is 6.08 Å². The third-order valence-corrected chi connectivity index (χ3v) is 8.30. The minimum Gasteiger partial charge on any atom is -0.453 e. The summed E-state index contributed by atoms with van der Waals surface area (Å²) in [5.41, 5.74) is 5.90. The van der Waals surface area contributed by atoms with Gasteiger partial charge in [0.25, 0.3) is 0 Å². The van der Waals surface area contributed by atoms with Crippen LogP contribution < -0.4 is 22.1 Å². The van der Waals surface area contributed by atoms with Crippen molar-refractivity contribution in [2.75, 3.05) is 76.9 Å². The van der Waals surface area contributed by atoms with Crippen molar-refractivity contribution in [3.8, 4) is 0 Å². The molecule has 5 rings (SSSR count). The smallest absolute Gasteiger partial charge is 0.417 e. The SMILES string of the molecule is C=CC(=O)CCC(=O)N1CCN(Cc2cc3n(c2)NC(c2cnc(NC(=O)OC)cc2C(F)(F)F)=NC3N2CCOCC2)CC1.CCCNON. The lowest BCUT2D eigenvalue weighted by molar-refractivity contribution is -0.137. The molecule has 16 nitrogen and oxygen atoms in total. The molecule has 1 atom stereocenters. The van der Waals surface area contributed by atoms with Crippen LogP contribution in [0.15, 0.2) is 42.2 Å². The van der Waals surface area contributed by atoms with E-state index in [2.05, 4.69) is 53.2 Å². The zero-order chi connectivity index (χ0) is 37.0. The van der Waals surface area contributed by atoms with Crippen LogP contribution in [-0.4, -0.2) is 114 Å². The standard InChI is InChI=1S/C29H35F3N8O5.C3H10N2O/c1-3-20(41)4-5-25(42)38-8-6-37(7-9-38)17-19-14-23-27(39-10-12-45-13-11-39)35-26(36-40(23)18-19)21-16-33-24(34-28(43)44-2)15-22(21)29(30,31)32;1-2-3-5-6-4/h3,14-16,18,27H,1,4-13,17H2,2H3,(H,35,36)(H,33,34,43);5H,2-4H2,1H3. The van der Waals surface area contributed by atoms with Gasteiger partial charge in [-0.05, 0) is 30.2 Å². The van der Waals surface area contributed by atoms with Crippen LogP contribution in [0, 0.1) is 0 Å². The minimum absolute atomic E-state index is 0.0207. The highest BCUT2D eigenvalue weighted by Gasteiger charge is 2.38. The topological polar surface area (TPSA) is 181 Å². The molecule has 1 unspecified atom stereocenters. The first kappa shape index (κ1) is 39.4. The van der Waals surface area contributed by atoms with E-state index in [1.54, 1.807) is 9.58 Å². The summed E-state index contributed by atoms with van der Waals surface area (Å²) in [5, 5.41) is 2.17. The number of carbonyl (C=O) groups excluding carboxylic acids is 3. The molecule has 5 heterocycles. The summed E-state index contributed by atoms with van der Waals surface area (Å²) in [4.78, 5) is 54.4. The first-order chi connectivity index (χ1) is 24.5. The third-order valence-electron chi connectivity index (χ3n) is 8.30. The monoisotopic (exact) mass is 722 g/mol. The van der Waals surface area contributed by atoms with E-state index >= 15 is 0 Å². The molecule has 0 bridgehead atoms. The number of halogens is 3. The lowest BCUT2D eigenvalue weighted by Gasteiger charge is -2.35. The molecular formula is C32H45F3N10O6. The molecular weight excluding hydrogens is 677 g/mol. The molecule has 3 aliphatic heterocycles. The quantitative estimate of drug-likeness (QED) is 0.143. The fourth-order valence-corrected chi connectivity index (χ4v) is 5.64. The number of fused-ring (bicyclic) bond motifs is 1. The molecule has 0 aromatic carbocycles. The van der Waals surface area contributed by atoms with Gasteiger partial charge in [0.1, 0.15) is 12.0 Å². The average molecular weight is 723 g/mol. The maximum atomic E-state index is 14.2. The predicted octanol–water partition coefficient (Wildman–Crippen LogP) is 2.39. The van der Waals surface area contributed by atoms with Gasteiger partial charge < -0.3 is 14.4 Å². The lowest BCUT2D eigenvalue weighted by Crippen LogP contribution is -2.48. The number of carbonyl (C=O) groups is 3. The van der Waals surface area contributed by atoms with Crippen LogP contribution in [0.25, 0.3) is 0 Å². The Morgan fingerprint density at radius 2 is 1.86 bits per heavy atom. The van der Waals surface area contributed by atoms with Crippen LogP contribution in [0.2, 0.25) is 0 Å². The van der Waals surface area contributed by atoms with Gasteiger partial charge in [0.15, 0.2) is 11.6 Å². The number of rotatable bonds is 12. The molecule has 5 N–H and O–H groups in total. The van der Waals surface area contributed by atoms with E-state index in [4.69, 9.17) is 9.73 Å². The van der Waals surface area contributed by atoms with Gasteiger partial charge >= 0.3 is 12.3 Å². The number of morpholine rings is 1. The first-order valence-corrected chi connectivity index (χ1v) is 16.5.